The van der Waals surface area contributed by atoms with E-state index < -0.39 is 0 Å². The van der Waals surface area contributed by atoms with Crippen LogP contribution in [0.5, 0.6) is 0 Å². The van der Waals surface area contributed by atoms with Crippen LogP contribution in [0.2, 0.25) is 0 Å². The van der Waals surface area contributed by atoms with Crippen molar-refractivity contribution in [1.29, 1.82) is 0 Å². The summed E-state index contributed by atoms with van der Waals surface area (Å²) in [5.41, 5.74) is 2.71. The summed E-state index contributed by atoms with van der Waals surface area (Å²) in [5, 5.41) is 2.87. The molecule has 0 spiro atoms. The van der Waals surface area contributed by atoms with Gasteiger partial charge < -0.3 is 0 Å². The predicted molar refractivity (Wildman–Crippen MR) is 75.7 cm³/mol. The third-order valence-corrected chi connectivity index (χ3v) is 4.59. The molecule has 0 saturated heterocycles. The van der Waals surface area contributed by atoms with Crippen molar-refractivity contribution in [3.8, 4) is 0 Å². The van der Waals surface area contributed by atoms with Gasteiger partial charge in [-0.15, -0.1) is 0 Å². The van der Waals surface area contributed by atoms with Crippen LogP contribution in [0, 0.1) is 13.8 Å². The van der Waals surface area contributed by atoms with Gasteiger partial charge >= 0.3 is 0 Å². The summed E-state index contributed by atoms with van der Waals surface area (Å²) < 4.78 is 0.908. The molecule has 0 unspecified atom stereocenters. The standard InChI is InChI=1S/C13H14BrNSi/c1-9-5-10(2)7-12(6-9)16-11-3-4-13(14)15-8-11/h3-8H,16H2,1-2H3. The lowest BCUT2D eigenvalue weighted by molar-refractivity contribution is 1.29. The summed E-state index contributed by atoms with van der Waals surface area (Å²) in [7, 11) is -0.376. The van der Waals surface area contributed by atoms with Gasteiger partial charge in [-0.2, -0.15) is 0 Å². The molecule has 1 nitrogen and oxygen atoms in total. The van der Waals surface area contributed by atoms with E-state index in [1.807, 2.05) is 12.3 Å². The average Bonchev–Trinajstić information content (AvgIpc) is 2.20. The summed E-state index contributed by atoms with van der Waals surface area (Å²) in [6.45, 7) is 4.31. The number of hydrogen-bond acceptors (Lipinski definition) is 1. The first-order valence-corrected chi connectivity index (χ1v) is 7.52. The number of hydrogen-bond donors (Lipinski definition) is 0. The number of rotatable bonds is 2. The van der Waals surface area contributed by atoms with Crippen LogP contribution in [0.4, 0.5) is 0 Å². The molecule has 0 radical (unpaired) electrons. The Hall–Kier alpha value is -0.933. The van der Waals surface area contributed by atoms with Crippen molar-refractivity contribution < 1.29 is 0 Å². The normalized spacial score (nSPS) is 11.2. The summed E-state index contributed by atoms with van der Waals surface area (Å²) in [6.07, 6.45) is 1.98. The van der Waals surface area contributed by atoms with E-state index in [0.29, 0.717) is 0 Å². The van der Waals surface area contributed by atoms with Crippen molar-refractivity contribution in [1.82, 2.24) is 4.98 Å². The smallest absolute Gasteiger partial charge is 0.106 e. The van der Waals surface area contributed by atoms with E-state index in [0.717, 1.165) is 4.60 Å². The van der Waals surface area contributed by atoms with E-state index in [9.17, 15) is 0 Å². The molecule has 2 rings (SSSR count). The van der Waals surface area contributed by atoms with Gasteiger partial charge in [0.05, 0.1) is 9.52 Å². The molecule has 0 saturated carbocycles. The van der Waals surface area contributed by atoms with Crippen molar-refractivity contribution in [2.45, 2.75) is 13.8 Å². The number of pyridine rings is 1. The molecule has 1 heterocycles. The molecule has 82 valence electrons. The van der Waals surface area contributed by atoms with Gasteiger partial charge in [0.25, 0.3) is 0 Å². The van der Waals surface area contributed by atoms with Crippen LogP contribution in [0.3, 0.4) is 0 Å². The first-order valence-electron chi connectivity index (χ1n) is 5.31. The van der Waals surface area contributed by atoms with Gasteiger partial charge in [0.2, 0.25) is 0 Å². The van der Waals surface area contributed by atoms with Crippen LogP contribution in [0.25, 0.3) is 0 Å². The maximum Gasteiger partial charge on any atom is 0.106 e. The zero-order valence-electron chi connectivity index (χ0n) is 9.50. The number of aryl methyl sites for hydroxylation is 2. The third kappa shape index (κ3) is 3.03. The molecule has 0 aliphatic carbocycles. The minimum absolute atomic E-state index is 0.376. The Bertz CT molecular complexity index is 474. The fraction of sp³-hybridized carbons (Fsp3) is 0.154. The molecule has 0 N–H and O–H groups in total. The predicted octanol–water partition coefficient (Wildman–Crippen LogP) is 1.58. The minimum atomic E-state index is -0.376. The van der Waals surface area contributed by atoms with Crippen molar-refractivity contribution >= 4 is 35.8 Å². The van der Waals surface area contributed by atoms with E-state index in [-0.39, 0.29) is 9.52 Å². The summed E-state index contributed by atoms with van der Waals surface area (Å²) >= 11 is 3.36. The summed E-state index contributed by atoms with van der Waals surface area (Å²) in [4.78, 5) is 4.27. The van der Waals surface area contributed by atoms with Gasteiger partial charge in [0, 0.05) is 6.20 Å². The Morgan fingerprint density at radius 2 is 1.69 bits per heavy atom. The molecule has 0 aliphatic rings. The van der Waals surface area contributed by atoms with E-state index in [1.165, 1.54) is 21.5 Å². The minimum Gasteiger partial charge on any atom is -0.250 e. The maximum atomic E-state index is 4.27. The van der Waals surface area contributed by atoms with E-state index in [4.69, 9.17) is 0 Å². The van der Waals surface area contributed by atoms with E-state index >= 15 is 0 Å². The van der Waals surface area contributed by atoms with E-state index in [1.54, 1.807) is 0 Å². The topological polar surface area (TPSA) is 12.9 Å². The SMILES string of the molecule is Cc1cc(C)cc([SiH2]c2ccc(Br)nc2)c1. The zero-order valence-corrected chi connectivity index (χ0v) is 12.5. The second-order valence-corrected chi connectivity index (χ2v) is 6.96. The zero-order chi connectivity index (χ0) is 11.5. The average molecular weight is 292 g/mol. The van der Waals surface area contributed by atoms with Crippen LogP contribution in [0.15, 0.2) is 41.1 Å². The van der Waals surface area contributed by atoms with Crippen LogP contribution in [0.1, 0.15) is 11.1 Å². The molecule has 1 aromatic heterocycles. The number of aromatic nitrogens is 1. The second-order valence-electron chi connectivity index (χ2n) is 4.16. The Morgan fingerprint density at radius 1 is 1.00 bits per heavy atom. The van der Waals surface area contributed by atoms with Crippen LogP contribution in [-0.4, -0.2) is 14.5 Å². The highest BCUT2D eigenvalue weighted by molar-refractivity contribution is 9.10. The Kier molecular flexibility index (Phi) is 3.56. The van der Waals surface area contributed by atoms with Crippen LogP contribution in [-0.2, 0) is 0 Å². The monoisotopic (exact) mass is 291 g/mol. The largest absolute Gasteiger partial charge is 0.250 e. The second kappa shape index (κ2) is 4.93. The van der Waals surface area contributed by atoms with Gasteiger partial charge in [-0.3, -0.25) is 0 Å². The molecule has 0 fully saturated rings. The molecule has 0 aliphatic heterocycles. The highest BCUT2D eigenvalue weighted by atomic mass is 79.9. The first-order chi connectivity index (χ1) is 7.63. The van der Waals surface area contributed by atoms with Crippen molar-refractivity contribution in [3.63, 3.8) is 0 Å². The molecule has 2 aromatic rings. The number of nitrogens with zero attached hydrogens (tertiary/aromatic N) is 1. The lowest BCUT2D eigenvalue weighted by Gasteiger charge is -2.04. The highest BCUT2D eigenvalue weighted by Gasteiger charge is 2.00. The Balaban J connectivity index is 2.23. The number of benzene rings is 1. The van der Waals surface area contributed by atoms with Gasteiger partial charge in [0.15, 0.2) is 0 Å². The molecular weight excluding hydrogens is 278 g/mol. The first kappa shape index (κ1) is 11.5. The van der Waals surface area contributed by atoms with Gasteiger partial charge in [-0.25, -0.2) is 4.98 Å². The van der Waals surface area contributed by atoms with Crippen molar-refractivity contribution in [3.05, 3.63) is 52.3 Å². The fourth-order valence-electron chi connectivity index (χ4n) is 1.92. The quantitative estimate of drug-likeness (QED) is 0.605. The van der Waals surface area contributed by atoms with E-state index in [2.05, 4.69) is 59.0 Å². The summed E-state index contributed by atoms with van der Waals surface area (Å²) in [6, 6.07) is 11.0. The molecule has 16 heavy (non-hydrogen) atoms. The Morgan fingerprint density at radius 3 is 2.25 bits per heavy atom. The maximum absolute atomic E-state index is 4.27. The number of halogens is 1. The van der Waals surface area contributed by atoms with Gasteiger partial charge in [-0.05, 0) is 41.0 Å². The highest BCUT2D eigenvalue weighted by Crippen LogP contribution is 2.01. The Labute approximate surface area is 107 Å². The van der Waals surface area contributed by atoms with Crippen LogP contribution < -0.4 is 10.4 Å². The van der Waals surface area contributed by atoms with Gasteiger partial charge in [-0.1, -0.05) is 40.6 Å². The molecular formula is C13H14BrNSi. The molecule has 1 aromatic carbocycles. The molecule has 0 atom stereocenters. The lowest BCUT2D eigenvalue weighted by atomic mass is 10.2. The third-order valence-electron chi connectivity index (χ3n) is 2.48. The van der Waals surface area contributed by atoms with Crippen molar-refractivity contribution in [2.75, 3.05) is 0 Å². The lowest BCUT2D eigenvalue weighted by Crippen LogP contribution is -2.27. The van der Waals surface area contributed by atoms with Crippen LogP contribution >= 0.6 is 15.9 Å². The molecule has 3 heteroatoms. The fourth-order valence-corrected chi connectivity index (χ4v) is 3.89. The summed E-state index contributed by atoms with van der Waals surface area (Å²) in [5.74, 6) is 0. The molecule has 0 bridgehead atoms. The molecule has 0 amide bonds. The van der Waals surface area contributed by atoms with Crippen molar-refractivity contribution in [2.24, 2.45) is 0 Å². The van der Waals surface area contributed by atoms with Gasteiger partial charge in [0.1, 0.15) is 4.60 Å².